The van der Waals surface area contributed by atoms with Crippen LogP contribution in [-0.4, -0.2) is 68.7 Å². The molecule has 0 bridgehead atoms. The van der Waals surface area contributed by atoms with Crippen molar-refractivity contribution in [1.82, 2.24) is 25.2 Å². The van der Waals surface area contributed by atoms with Crippen LogP contribution < -0.4 is 10.6 Å². The second kappa shape index (κ2) is 16.5. The maximum Gasteiger partial charge on any atom is 0.416 e. The highest BCUT2D eigenvalue weighted by Crippen LogP contribution is 2.35. The molecule has 1 aliphatic heterocycles. The minimum Gasteiger partial charge on any atom is -0.393 e. The van der Waals surface area contributed by atoms with Crippen LogP contribution in [0.15, 0.2) is 67.3 Å². The Morgan fingerprint density at radius 2 is 1.66 bits per heavy atom. The van der Waals surface area contributed by atoms with E-state index in [2.05, 4.69) is 32.5 Å². The summed E-state index contributed by atoms with van der Waals surface area (Å²) < 4.78 is 38.0. The normalized spacial score (nSPS) is 22.9. The number of rotatable bonds is 6. The molecular weight excluding hydrogens is 569 g/mol. The Morgan fingerprint density at radius 3 is 2.27 bits per heavy atom. The van der Waals surface area contributed by atoms with Crippen LogP contribution in [0.5, 0.6) is 0 Å². The number of halogens is 3. The van der Waals surface area contributed by atoms with E-state index in [4.69, 9.17) is 5.11 Å². The van der Waals surface area contributed by atoms with Gasteiger partial charge < -0.3 is 20.6 Å². The molecule has 44 heavy (non-hydrogen) atoms. The molecule has 2 aliphatic carbocycles. The van der Waals surface area contributed by atoms with E-state index >= 15 is 0 Å². The molecule has 3 heterocycles. The Kier molecular flexibility index (Phi) is 12.5. The van der Waals surface area contributed by atoms with Crippen LogP contribution in [0.1, 0.15) is 63.9 Å². The lowest BCUT2D eigenvalue weighted by Gasteiger charge is -2.37. The number of anilines is 1. The van der Waals surface area contributed by atoms with Gasteiger partial charge in [-0.3, -0.25) is 9.78 Å². The summed E-state index contributed by atoms with van der Waals surface area (Å²) >= 11 is 0. The Hall–Kier alpha value is -3.57. The second-order valence-electron chi connectivity index (χ2n) is 11.5. The van der Waals surface area contributed by atoms with Crippen LogP contribution in [0.3, 0.4) is 0 Å². The maximum absolute atomic E-state index is 12.7. The molecule has 1 aromatic carbocycles. The van der Waals surface area contributed by atoms with Crippen LogP contribution in [0.4, 0.5) is 18.9 Å². The molecule has 11 heteroatoms. The van der Waals surface area contributed by atoms with E-state index in [1.165, 1.54) is 6.07 Å². The van der Waals surface area contributed by atoms with E-state index in [-0.39, 0.29) is 24.0 Å². The number of nitrogens with one attached hydrogen (secondary N) is 2. The van der Waals surface area contributed by atoms with Gasteiger partial charge in [0, 0.05) is 67.1 Å². The standard InChI is InChI=1S/C16H19F3N2O.C9H7N3.C8H17NO/c17-16(18,19)12-4-3-5-13(10-12)20-14-8-11(9-14)15(22)21-6-1-2-7-21;1-3-8(7-10-4-1)9-11-5-2-6-12-9;1-2-9-7-3-5-8(10)6-4-7/h3-5,10-11,14,20H,1-2,6-9H2;1-7H;7-10H,2-6H2,1H3. The first-order valence-corrected chi connectivity index (χ1v) is 15.5. The van der Waals surface area contributed by atoms with E-state index in [1.54, 1.807) is 36.9 Å². The summed E-state index contributed by atoms with van der Waals surface area (Å²) in [6.07, 6.45) is 10.4. The molecular formula is C33H43F3N6O2. The highest BCUT2D eigenvalue weighted by atomic mass is 19.4. The van der Waals surface area contributed by atoms with Crippen molar-refractivity contribution in [2.24, 2.45) is 5.92 Å². The SMILES string of the molecule is CCNC1CCC(O)CC1.O=C(C1CC(Nc2cccc(C(F)(F)F)c2)C1)N1CCCC1.c1cnc(-c2cccnc2)nc1. The summed E-state index contributed by atoms with van der Waals surface area (Å²) in [6, 6.07) is 11.6. The first-order chi connectivity index (χ1) is 21.2. The number of hydrogen-bond donors (Lipinski definition) is 3. The van der Waals surface area contributed by atoms with E-state index in [1.807, 2.05) is 17.0 Å². The number of carbonyl (C=O) groups excluding carboxylic acids is 1. The lowest BCUT2D eigenvalue weighted by Crippen LogP contribution is -2.45. The van der Waals surface area contributed by atoms with E-state index in [9.17, 15) is 18.0 Å². The number of aliphatic hydroxyl groups is 1. The maximum atomic E-state index is 12.7. The van der Waals surface area contributed by atoms with Crippen molar-refractivity contribution in [1.29, 1.82) is 0 Å². The highest BCUT2D eigenvalue weighted by Gasteiger charge is 2.38. The smallest absolute Gasteiger partial charge is 0.393 e. The summed E-state index contributed by atoms with van der Waals surface area (Å²) in [7, 11) is 0. The largest absolute Gasteiger partial charge is 0.416 e. The number of alkyl halides is 3. The van der Waals surface area contributed by atoms with Gasteiger partial charge >= 0.3 is 6.18 Å². The molecule has 0 spiro atoms. The molecule has 238 valence electrons. The summed E-state index contributed by atoms with van der Waals surface area (Å²) in [4.78, 5) is 26.2. The third-order valence-corrected chi connectivity index (χ3v) is 8.14. The van der Waals surface area contributed by atoms with Gasteiger partial charge in [-0.25, -0.2) is 9.97 Å². The zero-order chi connectivity index (χ0) is 31.4. The van der Waals surface area contributed by atoms with Crippen molar-refractivity contribution in [3.8, 4) is 11.4 Å². The van der Waals surface area contributed by atoms with Gasteiger partial charge in [0.05, 0.1) is 11.7 Å². The number of nitrogens with zero attached hydrogens (tertiary/aromatic N) is 4. The molecule has 8 nitrogen and oxygen atoms in total. The second-order valence-corrected chi connectivity index (χ2v) is 11.5. The Balaban J connectivity index is 0.000000168. The molecule has 3 aromatic rings. The van der Waals surface area contributed by atoms with Crippen molar-refractivity contribution in [3.63, 3.8) is 0 Å². The minimum atomic E-state index is -4.33. The van der Waals surface area contributed by atoms with Crippen molar-refractivity contribution in [2.45, 2.75) is 82.7 Å². The quantitative estimate of drug-likeness (QED) is 0.316. The molecule has 0 atom stereocenters. The molecule has 0 radical (unpaired) electrons. The number of aliphatic hydroxyl groups excluding tert-OH is 1. The summed E-state index contributed by atoms with van der Waals surface area (Å²) in [5.74, 6) is 0.951. The van der Waals surface area contributed by atoms with E-state index in [0.717, 1.165) is 75.9 Å². The van der Waals surface area contributed by atoms with Gasteiger partial charge in [-0.1, -0.05) is 13.0 Å². The summed E-state index contributed by atoms with van der Waals surface area (Å²) in [5, 5.41) is 15.7. The predicted octanol–water partition coefficient (Wildman–Crippen LogP) is 5.96. The van der Waals surface area contributed by atoms with Crippen molar-refractivity contribution in [2.75, 3.05) is 25.0 Å². The van der Waals surface area contributed by atoms with Crippen LogP contribution >= 0.6 is 0 Å². The van der Waals surface area contributed by atoms with Gasteiger partial charge in [-0.2, -0.15) is 13.2 Å². The van der Waals surface area contributed by atoms with Gasteiger partial charge in [0.2, 0.25) is 5.91 Å². The Bertz CT molecular complexity index is 1220. The van der Waals surface area contributed by atoms with Gasteiger partial charge in [0.25, 0.3) is 0 Å². The summed E-state index contributed by atoms with van der Waals surface area (Å²) in [6.45, 7) is 4.88. The first-order valence-electron chi connectivity index (χ1n) is 15.5. The number of pyridine rings is 1. The molecule has 1 amide bonds. The number of hydrogen-bond acceptors (Lipinski definition) is 7. The van der Waals surface area contributed by atoms with Gasteiger partial charge in [-0.15, -0.1) is 0 Å². The summed E-state index contributed by atoms with van der Waals surface area (Å²) in [5.41, 5.74) is 0.756. The zero-order valence-corrected chi connectivity index (χ0v) is 25.2. The Labute approximate surface area is 257 Å². The molecule has 3 aliphatic rings. The number of carbonyl (C=O) groups is 1. The monoisotopic (exact) mass is 612 g/mol. The molecule has 3 N–H and O–H groups in total. The third-order valence-electron chi connectivity index (χ3n) is 8.14. The fourth-order valence-electron chi connectivity index (χ4n) is 5.67. The Morgan fingerprint density at radius 1 is 0.955 bits per heavy atom. The highest BCUT2D eigenvalue weighted by molar-refractivity contribution is 5.80. The van der Waals surface area contributed by atoms with E-state index in [0.29, 0.717) is 30.4 Å². The molecule has 3 fully saturated rings. The van der Waals surface area contributed by atoms with Gasteiger partial charge in [-0.05, 0) is 94.3 Å². The van der Waals surface area contributed by atoms with Crippen LogP contribution in [-0.2, 0) is 11.0 Å². The van der Waals surface area contributed by atoms with Gasteiger partial charge in [0.1, 0.15) is 0 Å². The van der Waals surface area contributed by atoms with E-state index < -0.39 is 11.7 Å². The number of benzene rings is 1. The van der Waals surface area contributed by atoms with Crippen molar-refractivity contribution < 1.29 is 23.1 Å². The minimum absolute atomic E-state index is 0.0186. The molecule has 2 saturated carbocycles. The lowest BCUT2D eigenvalue weighted by molar-refractivity contribution is -0.138. The fourth-order valence-corrected chi connectivity index (χ4v) is 5.67. The zero-order valence-electron chi connectivity index (χ0n) is 25.2. The van der Waals surface area contributed by atoms with Crippen LogP contribution in [0.25, 0.3) is 11.4 Å². The fraction of sp³-hybridized carbons (Fsp3) is 0.515. The van der Waals surface area contributed by atoms with Crippen molar-refractivity contribution in [3.05, 3.63) is 72.8 Å². The predicted molar refractivity (Wildman–Crippen MR) is 165 cm³/mol. The van der Waals surface area contributed by atoms with Crippen LogP contribution in [0.2, 0.25) is 0 Å². The number of amides is 1. The first kappa shape index (κ1) is 33.3. The average Bonchev–Trinajstić information content (AvgIpc) is 3.57. The molecule has 6 rings (SSSR count). The van der Waals surface area contributed by atoms with Crippen molar-refractivity contribution >= 4 is 11.6 Å². The number of likely N-dealkylation sites (tertiary alicyclic amines) is 1. The lowest BCUT2D eigenvalue weighted by atomic mass is 9.79. The molecule has 2 aromatic heterocycles. The molecule has 1 saturated heterocycles. The number of aromatic nitrogens is 3. The van der Waals surface area contributed by atoms with Crippen LogP contribution in [0, 0.1) is 5.92 Å². The average molecular weight is 613 g/mol. The third kappa shape index (κ3) is 10.3. The van der Waals surface area contributed by atoms with Gasteiger partial charge in [0.15, 0.2) is 5.82 Å². The molecule has 0 unspecified atom stereocenters. The topological polar surface area (TPSA) is 103 Å².